The number of benzene rings is 1. The highest BCUT2D eigenvalue weighted by Crippen LogP contribution is 2.52. The number of nitrogens with zero attached hydrogens (tertiary/aromatic N) is 7. The number of pyridine rings is 1. The van der Waals surface area contributed by atoms with Crippen LogP contribution in [0.25, 0.3) is 17.2 Å². The zero-order valence-electron chi connectivity index (χ0n) is 19.9. The highest BCUT2D eigenvalue weighted by atomic mass is 35.5. The van der Waals surface area contributed by atoms with Gasteiger partial charge >= 0.3 is 0 Å². The first kappa shape index (κ1) is 23.0. The van der Waals surface area contributed by atoms with Crippen molar-refractivity contribution in [2.75, 3.05) is 7.11 Å². The molecule has 1 saturated carbocycles. The van der Waals surface area contributed by atoms with Crippen LogP contribution in [-0.2, 0) is 12.0 Å². The molecule has 1 aliphatic carbocycles. The number of nitriles is 1. The number of ether oxygens (including phenoxy) is 1. The van der Waals surface area contributed by atoms with Crippen LogP contribution in [0.2, 0.25) is 10.0 Å². The number of aryl methyl sites for hydroxylation is 2. The summed E-state index contributed by atoms with van der Waals surface area (Å²) < 4.78 is 9.39. The molecular formula is C26H23Cl2N7O. The summed E-state index contributed by atoms with van der Waals surface area (Å²) in [5.41, 5.74) is 3.61. The van der Waals surface area contributed by atoms with Crippen molar-refractivity contribution in [1.82, 2.24) is 29.3 Å². The van der Waals surface area contributed by atoms with Gasteiger partial charge in [0.2, 0.25) is 5.88 Å². The van der Waals surface area contributed by atoms with Gasteiger partial charge in [0.05, 0.1) is 30.6 Å². The van der Waals surface area contributed by atoms with Crippen molar-refractivity contribution in [3.63, 3.8) is 0 Å². The second kappa shape index (κ2) is 8.61. The van der Waals surface area contributed by atoms with E-state index in [4.69, 9.17) is 43.0 Å². The van der Waals surface area contributed by atoms with Gasteiger partial charge < -0.3 is 9.30 Å². The van der Waals surface area contributed by atoms with E-state index in [2.05, 4.69) is 11.1 Å². The van der Waals surface area contributed by atoms with Crippen LogP contribution in [0.5, 0.6) is 5.88 Å². The van der Waals surface area contributed by atoms with E-state index in [1.807, 2.05) is 40.6 Å². The Hall–Kier alpha value is -3.41. The molecule has 36 heavy (non-hydrogen) atoms. The van der Waals surface area contributed by atoms with Gasteiger partial charge in [-0.15, -0.1) is 5.10 Å². The number of aromatic nitrogens is 6. The lowest BCUT2D eigenvalue weighted by atomic mass is 9.87. The molecule has 0 saturated heterocycles. The normalized spacial score (nSPS) is 17.9. The summed E-state index contributed by atoms with van der Waals surface area (Å²) in [5.74, 6) is 1.78. The number of halogens is 2. The quantitative estimate of drug-likeness (QED) is 0.339. The number of rotatable bonds is 5. The van der Waals surface area contributed by atoms with Gasteiger partial charge in [-0.05, 0) is 61.9 Å². The topological polar surface area (TPSA) is 94.4 Å². The van der Waals surface area contributed by atoms with Crippen molar-refractivity contribution >= 4 is 23.2 Å². The second-order valence-corrected chi connectivity index (χ2v) is 10.2. The fourth-order valence-electron chi connectivity index (χ4n) is 4.98. The van der Waals surface area contributed by atoms with Gasteiger partial charge in [-0.2, -0.15) is 5.26 Å². The lowest BCUT2D eigenvalue weighted by Gasteiger charge is -2.24. The van der Waals surface area contributed by atoms with E-state index in [1.165, 1.54) is 0 Å². The minimum Gasteiger partial charge on any atom is -0.479 e. The number of methoxy groups -OCH3 is 1. The Morgan fingerprint density at radius 2 is 2.00 bits per heavy atom. The molecule has 0 unspecified atom stereocenters. The molecule has 2 aliphatic rings. The number of fused-ring (bicyclic) bond motifs is 1. The minimum absolute atomic E-state index is 0.0481. The molecule has 4 heterocycles. The van der Waals surface area contributed by atoms with Crippen LogP contribution in [0.3, 0.4) is 0 Å². The average Bonchev–Trinajstić information content (AvgIpc) is 3.34. The van der Waals surface area contributed by atoms with E-state index in [1.54, 1.807) is 19.5 Å². The van der Waals surface area contributed by atoms with Gasteiger partial charge in [0, 0.05) is 28.7 Å². The van der Waals surface area contributed by atoms with Gasteiger partial charge in [0.1, 0.15) is 17.2 Å². The Labute approximate surface area is 218 Å². The van der Waals surface area contributed by atoms with E-state index in [0.717, 1.165) is 60.6 Å². The molecule has 1 fully saturated rings. The van der Waals surface area contributed by atoms with Crippen molar-refractivity contribution in [2.45, 2.75) is 50.5 Å². The van der Waals surface area contributed by atoms with E-state index < -0.39 is 5.41 Å². The third-order valence-corrected chi connectivity index (χ3v) is 7.71. The molecule has 1 aliphatic heterocycles. The third-order valence-electron chi connectivity index (χ3n) is 7.07. The summed E-state index contributed by atoms with van der Waals surface area (Å²) in [5, 5.41) is 15.6. The van der Waals surface area contributed by atoms with E-state index in [0.29, 0.717) is 27.4 Å². The Balaban J connectivity index is 1.39. The summed E-state index contributed by atoms with van der Waals surface area (Å²) in [7, 11) is 1.59. The molecule has 8 nitrogen and oxygen atoms in total. The predicted molar refractivity (Wildman–Crippen MR) is 136 cm³/mol. The largest absolute Gasteiger partial charge is 0.479 e. The Morgan fingerprint density at radius 1 is 1.17 bits per heavy atom. The SMILES string of the molecule is COc1nc(-c2nc3n(n2)CCC[C@@H]3c2cc(C3(C#N)CC3)c(Cl)cc2Cl)ccc1-n1cnc(C)c1. The molecule has 0 amide bonds. The van der Waals surface area contributed by atoms with Gasteiger partial charge in [0.15, 0.2) is 5.82 Å². The number of imidazole rings is 1. The monoisotopic (exact) mass is 519 g/mol. The first-order chi connectivity index (χ1) is 17.4. The van der Waals surface area contributed by atoms with Gasteiger partial charge in [-0.3, -0.25) is 0 Å². The third kappa shape index (κ3) is 3.74. The van der Waals surface area contributed by atoms with Gasteiger partial charge in [-0.25, -0.2) is 19.6 Å². The summed E-state index contributed by atoms with van der Waals surface area (Å²) in [4.78, 5) is 13.9. The summed E-state index contributed by atoms with van der Waals surface area (Å²) in [6.45, 7) is 2.70. The van der Waals surface area contributed by atoms with Crippen molar-refractivity contribution in [3.05, 3.63) is 69.5 Å². The predicted octanol–water partition coefficient (Wildman–Crippen LogP) is 5.63. The molecule has 6 rings (SSSR count). The fourth-order valence-corrected chi connectivity index (χ4v) is 5.67. The highest BCUT2D eigenvalue weighted by Gasteiger charge is 2.47. The first-order valence-corrected chi connectivity index (χ1v) is 12.6. The molecule has 182 valence electrons. The molecule has 10 heteroatoms. The second-order valence-electron chi connectivity index (χ2n) is 9.41. The lowest BCUT2D eigenvalue weighted by molar-refractivity contribution is 0.396. The van der Waals surface area contributed by atoms with Crippen LogP contribution in [0, 0.1) is 18.3 Å². The van der Waals surface area contributed by atoms with Crippen molar-refractivity contribution in [1.29, 1.82) is 5.26 Å². The summed E-state index contributed by atoms with van der Waals surface area (Å²) in [6, 6.07) is 10.0. The van der Waals surface area contributed by atoms with Crippen LogP contribution in [-0.4, -0.2) is 36.4 Å². The molecule has 1 aromatic carbocycles. The zero-order chi connectivity index (χ0) is 25.0. The smallest absolute Gasteiger partial charge is 0.238 e. The zero-order valence-corrected chi connectivity index (χ0v) is 21.4. The van der Waals surface area contributed by atoms with Crippen LogP contribution in [0.1, 0.15) is 54.2 Å². The summed E-state index contributed by atoms with van der Waals surface area (Å²) in [6.07, 6.45) is 7.10. The lowest BCUT2D eigenvalue weighted by Crippen LogP contribution is -2.19. The highest BCUT2D eigenvalue weighted by molar-refractivity contribution is 6.35. The van der Waals surface area contributed by atoms with Crippen LogP contribution in [0.4, 0.5) is 0 Å². The van der Waals surface area contributed by atoms with Crippen LogP contribution >= 0.6 is 23.2 Å². The van der Waals surface area contributed by atoms with E-state index >= 15 is 0 Å². The van der Waals surface area contributed by atoms with Crippen molar-refractivity contribution in [3.8, 4) is 29.2 Å². The maximum absolute atomic E-state index is 9.74. The maximum Gasteiger partial charge on any atom is 0.238 e. The molecule has 3 aromatic heterocycles. The average molecular weight is 520 g/mol. The van der Waals surface area contributed by atoms with Crippen molar-refractivity contribution < 1.29 is 4.74 Å². The number of hydrogen-bond donors (Lipinski definition) is 0. The molecular weight excluding hydrogens is 497 g/mol. The molecule has 0 bridgehead atoms. The van der Waals surface area contributed by atoms with Crippen LogP contribution < -0.4 is 4.74 Å². The standard InChI is InChI=1S/C26H23Cl2N7O/c1-15-12-34(14-30-15)22-6-5-21(31-25(22)36-2)23-32-24-16(4-3-9-35(24)33-23)17-10-18(20(28)11-19(17)27)26(13-29)7-8-26/h5-6,10-12,14,16H,3-4,7-9H2,1-2H3/t16-/m1/s1. The molecule has 1 atom stereocenters. The van der Waals surface area contributed by atoms with Crippen molar-refractivity contribution in [2.24, 2.45) is 0 Å². The molecule has 0 radical (unpaired) electrons. The molecule has 4 aromatic rings. The Morgan fingerprint density at radius 3 is 2.69 bits per heavy atom. The molecule has 0 N–H and O–H groups in total. The van der Waals surface area contributed by atoms with Gasteiger partial charge in [-0.1, -0.05) is 29.3 Å². The first-order valence-electron chi connectivity index (χ1n) is 11.8. The fraction of sp³-hybridized carbons (Fsp3) is 0.346. The van der Waals surface area contributed by atoms with E-state index in [9.17, 15) is 5.26 Å². The molecule has 0 spiro atoms. The maximum atomic E-state index is 9.74. The van der Waals surface area contributed by atoms with E-state index in [-0.39, 0.29) is 5.92 Å². The minimum atomic E-state index is -0.500. The van der Waals surface area contributed by atoms with Crippen LogP contribution in [0.15, 0.2) is 36.8 Å². The van der Waals surface area contributed by atoms with Gasteiger partial charge in [0.25, 0.3) is 0 Å². The summed E-state index contributed by atoms with van der Waals surface area (Å²) >= 11 is 13.2. The Kier molecular flexibility index (Phi) is 5.51. The Bertz CT molecular complexity index is 1530. The number of hydrogen-bond acceptors (Lipinski definition) is 6.